The number of aromatic nitrogens is 2. The number of nitrogens with zero attached hydrogens (tertiary/aromatic N) is 3. The zero-order valence-electron chi connectivity index (χ0n) is 11.6. The third kappa shape index (κ3) is 2.63. The number of anilines is 3. The molecule has 5 nitrogen and oxygen atoms in total. The summed E-state index contributed by atoms with van der Waals surface area (Å²) >= 11 is 1.41. The minimum absolute atomic E-state index is 0.217. The Morgan fingerprint density at radius 1 is 1.24 bits per heavy atom. The predicted octanol–water partition coefficient (Wildman–Crippen LogP) is 3.29. The fourth-order valence-electron chi connectivity index (χ4n) is 2.56. The molecule has 1 aromatic carbocycles. The average molecular weight is 300 g/mol. The van der Waals surface area contributed by atoms with Crippen molar-refractivity contribution < 1.29 is 4.79 Å². The highest BCUT2D eigenvalue weighted by molar-refractivity contribution is 7.09. The van der Waals surface area contributed by atoms with Crippen LogP contribution in [0, 0.1) is 0 Å². The van der Waals surface area contributed by atoms with Crippen molar-refractivity contribution in [2.45, 2.75) is 31.6 Å². The molecule has 1 saturated carbocycles. The van der Waals surface area contributed by atoms with Gasteiger partial charge in [0.15, 0.2) is 0 Å². The quantitative estimate of drug-likeness (QED) is 0.941. The second kappa shape index (κ2) is 5.11. The molecule has 1 aromatic heterocycles. The van der Waals surface area contributed by atoms with Crippen molar-refractivity contribution in [3.63, 3.8) is 0 Å². The van der Waals surface area contributed by atoms with Crippen LogP contribution >= 0.6 is 11.5 Å². The van der Waals surface area contributed by atoms with Crippen LogP contribution < -0.4 is 10.2 Å². The maximum Gasteiger partial charge on any atom is 0.227 e. The number of carbonyl (C=O) groups is 1. The van der Waals surface area contributed by atoms with E-state index in [9.17, 15) is 4.79 Å². The molecular formula is C15H16N4OS. The van der Waals surface area contributed by atoms with Crippen LogP contribution in [0.5, 0.6) is 0 Å². The van der Waals surface area contributed by atoms with Crippen LogP contribution in [-0.4, -0.2) is 21.8 Å². The van der Waals surface area contributed by atoms with Gasteiger partial charge in [-0.15, -0.1) is 0 Å². The minimum Gasteiger partial charge on any atom is -0.330 e. The Labute approximate surface area is 127 Å². The molecular weight excluding hydrogens is 284 g/mol. The molecule has 1 saturated heterocycles. The monoisotopic (exact) mass is 300 g/mol. The molecule has 2 aromatic rings. The first-order chi connectivity index (χ1) is 10.3. The van der Waals surface area contributed by atoms with Crippen LogP contribution in [-0.2, 0) is 4.79 Å². The maximum atomic E-state index is 11.7. The van der Waals surface area contributed by atoms with Crippen molar-refractivity contribution in [2.75, 3.05) is 16.8 Å². The Balaban J connectivity index is 1.46. The van der Waals surface area contributed by atoms with E-state index in [1.165, 1.54) is 24.4 Å². The maximum absolute atomic E-state index is 11.7. The standard InChI is InChI=1S/C15H16N4OS/c20-13-2-1-9-19(13)12-7-5-11(6-8-12)16-15-17-14(18-21-15)10-3-4-10/h5-8,10H,1-4,9H2,(H,16,17,18). The van der Waals surface area contributed by atoms with Crippen molar-refractivity contribution >= 4 is 33.9 Å². The van der Waals surface area contributed by atoms with Crippen LogP contribution in [0.3, 0.4) is 0 Å². The normalized spacial score (nSPS) is 18.3. The highest BCUT2D eigenvalue weighted by atomic mass is 32.1. The first kappa shape index (κ1) is 12.8. The van der Waals surface area contributed by atoms with E-state index in [1.807, 2.05) is 29.2 Å². The van der Waals surface area contributed by atoms with E-state index in [2.05, 4.69) is 14.7 Å². The summed E-state index contributed by atoms with van der Waals surface area (Å²) in [6, 6.07) is 7.93. The predicted molar refractivity (Wildman–Crippen MR) is 83.2 cm³/mol. The zero-order valence-corrected chi connectivity index (χ0v) is 12.4. The van der Waals surface area contributed by atoms with E-state index in [4.69, 9.17) is 0 Å². The molecule has 2 heterocycles. The summed E-state index contributed by atoms with van der Waals surface area (Å²) in [5.41, 5.74) is 1.95. The molecule has 4 rings (SSSR count). The fraction of sp³-hybridized carbons (Fsp3) is 0.400. The van der Waals surface area contributed by atoms with E-state index in [1.54, 1.807) is 0 Å². The van der Waals surface area contributed by atoms with Crippen LogP contribution in [0.4, 0.5) is 16.5 Å². The number of amides is 1. The van der Waals surface area contributed by atoms with Gasteiger partial charge in [0.05, 0.1) is 0 Å². The van der Waals surface area contributed by atoms with E-state index in [0.29, 0.717) is 12.3 Å². The number of rotatable bonds is 4. The summed E-state index contributed by atoms with van der Waals surface area (Å²) in [5.74, 6) is 1.77. The number of benzene rings is 1. The molecule has 1 N–H and O–H groups in total. The van der Waals surface area contributed by atoms with Crippen molar-refractivity contribution in [3.05, 3.63) is 30.1 Å². The highest BCUT2D eigenvalue weighted by Crippen LogP contribution is 2.39. The highest BCUT2D eigenvalue weighted by Gasteiger charge is 2.27. The molecule has 1 amide bonds. The second-order valence-electron chi connectivity index (χ2n) is 5.55. The zero-order chi connectivity index (χ0) is 14.2. The van der Waals surface area contributed by atoms with Gasteiger partial charge in [0.1, 0.15) is 5.82 Å². The van der Waals surface area contributed by atoms with Gasteiger partial charge < -0.3 is 10.2 Å². The molecule has 6 heteroatoms. The summed E-state index contributed by atoms with van der Waals surface area (Å²) in [7, 11) is 0. The average Bonchev–Trinajstić information content (AvgIpc) is 3.10. The number of hydrogen-bond donors (Lipinski definition) is 1. The molecule has 21 heavy (non-hydrogen) atoms. The van der Waals surface area contributed by atoms with Gasteiger partial charge in [0, 0.05) is 41.8 Å². The molecule has 2 aliphatic rings. The molecule has 0 bridgehead atoms. The number of hydrogen-bond acceptors (Lipinski definition) is 5. The van der Waals surface area contributed by atoms with Gasteiger partial charge in [-0.05, 0) is 43.5 Å². The van der Waals surface area contributed by atoms with Gasteiger partial charge in [-0.3, -0.25) is 4.79 Å². The SMILES string of the molecule is O=C1CCCN1c1ccc(Nc2nc(C3CC3)ns2)cc1. The number of carbonyl (C=O) groups excluding carboxylic acids is 1. The lowest BCUT2D eigenvalue weighted by Crippen LogP contribution is -2.23. The molecule has 2 fully saturated rings. The van der Waals surface area contributed by atoms with Crippen molar-refractivity contribution in [1.29, 1.82) is 0 Å². The van der Waals surface area contributed by atoms with Gasteiger partial charge in [-0.25, -0.2) is 4.98 Å². The van der Waals surface area contributed by atoms with Crippen molar-refractivity contribution in [2.24, 2.45) is 0 Å². The second-order valence-corrected chi connectivity index (χ2v) is 6.30. The van der Waals surface area contributed by atoms with Crippen LogP contribution in [0.25, 0.3) is 0 Å². The van der Waals surface area contributed by atoms with Crippen LogP contribution in [0.15, 0.2) is 24.3 Å². The Morgan fingerprint density at radius 2 is 2.05 bits per heavy atom. The van der Waals surface area contributed by atoms with Gasteiger partial charge in [-0.1, -0.05) is 0 Å². The molecule has 1 aliphatic carbocycles. The molecule has 0 spiro atoms. The number of nitrogens with one attached hydrogen (secondary N) is 1. The van der Waals surface area contributed by atoms with Crippen molar-refractivity contribution in [1.82, 2.24) is 9.36 Å². The van der Waals surface area contributed by atoms with E-state index < -0.39 is 0 Å². The Bertz CT molecular complexity index is 663. The third-order valence-corrected chi connectivity index (χ3v) is 4.53. The third-order valence-electron chi connectivity index (χ3n) is 3.89. The first-order valence-electron chi connectivity index (χ1n) is 7.31. The molecule has 0 atom stereocenters. The van der Waals surface area contributed by atoms with E-state index >= 15 is 0 Å². The van der Waals surface area contributed by atoms with Crippen LogP contribution in [0.1, 0.15) is 37.4 Å². The first-order valence-corrected chi connectivity index (χ1v) is 8.08. The largest absolute Gasteiger partial charge is 0.330 e. The Hall–Kier alpha value is -1.95. The Kier molecular flexibility index (Phi) is 3.11. The minimum atomic E-state index is 0.217. The lowest BCUT2D eigenvalue weighted by Gasteiger charge is -2.15. The van der Waals surface area contributed by atoms with Gasteiger partial charge in [-0.2, -0.15) is 4.37 Å². The molecule has 108 valence electrons. The summed E-state index contributed by atoms with van der Waals surface area (Å²) in [6.07, 6.45) is 4.05. The van der Waals surface area contributed by atoms with E-state index in [0.717, 1.165) is 35.3 Å². The Morgan fingerprint density at radius 3 is 2.71 bits per heavy atom. The fourth-order valence-corrected chi connectivity index (χ4v) is 3.23. The van der Waals surface area contributed by atoms with Gasteiger partial charge >= 0.3 is 0 Å². The van der Waals surface area contributed by atoms with Crippen molar-refractivity contribution in [3.8, 4) is 0 Å². The lowest BCUT2D eigenvalue weighted by molar-refractivity contribution is -0.117. The molecule has 1 aliphatic heterocycles. The topological polar surface area (TPSA) is 58.1 Å². The van der Waals surface area contributed by atoms with Crippen LogP contribution in [0.2, 0.25) is 0 Å². The molecule has 0 unspecified atom stereocenters. The summed E-state index contributed by atoms with van der Waals surface area (Å²) in [6.45, 7) is 0.826. The van der Waals surface area contributed by atoms with Gasteiger partial charge in [0.25, 0.3) is 0 Å². The lowest BCUT2D eigenvalue weighted by atomic mass is 10.2. The summed E-state index contributed by atoms with van der Waals surface area (Å²) < 4.78 is 4.38. The smallest absolute Gasteiger partial charge is 0.227 e. The van der Waals surface area contributed by atoms with Gasteiger partial charge in [0.2, 0.25) is 11.0 Å². The summed E-state index contributed by atoms with van der Waals surface area (Å²) in [4.78, 5) is 18.1. The summed E-state index contributed by atoms with van der Waals surface area (Å²) in [5, 5.41) is 4.11. The molecule has 0 radical (unpaired) electrons. The van der Waals surface area contributed by atoms with E-state index in [-0.39, 0.29) is 5.91 Å².